The zero-order valence-electron chi connectivity index (χ0n) is 12.2. The molecule has 0 saturated carbocycles. The molecule has 1 unspecified atom stereocenters. The molecule has 0 spiro atoms. The van der Waals surface area contributed by atoms with Gasteiger partial charge < -0.3 is 5.73 Å². The maximum Gasteiger partial charge on any atom is 0.128 e. The van der Waals surface area contributed by atoms with E-state index in [1.165, 1.54) is 22.8 Å². The summed E-state index contributed by atoms with van der Waals surface area (Å²) in [5, 5.41) is 0. The molecule has 2 rings (SSSR count). The van der Waals surface area contributed by atoms with Crippen LogP contribution in [0.3, 0.4) is 0 Å². The van der Waals surface area contributed by atoms with Gasteiger partial charge in [-0.05, 0) is 37.6 Å². The fourth-order valence-electron chi connectivity index (χ4n) is 2.34. The third-order valence-corrected chi connectivity index (χ3v) is 4.34. The van der Waals surface area contributed by atoms with Gasteiger partial charge >= 0.3 is 0 Å². The molecule has 0 radical (unpaired) electrons. The van der Waals surface area contributed by atoms with E-state index < -0.39 is 17.7 Å². The number of rotatable bonds is 5. The number of thioether (sulfide) groups is 1. The van der Waals surface area contributed by atoms with Crippen LogP contribution in [-0.2, 0) is 5.75 Å². The maximum atomic E-state index is 13.6. The second kappa shape index (κ2) is 7.05. The Morgan fingerprint density at radius 2 is 1.71 bits per heavy atom. The van der Waals surface area contributed by atoms with E-state index in [1.54, 1.807) is 11.8 Å². The summed E-state index contributed by atoms with van der Waals surface area (Å²) in [4.78, 5) is 0. The summed E-state index contributed by atoms with van der Waals surface area (Å²) in [6, 6.07) is 9.30. The summed E-state index contributed by atoms with van der Waals surface area (Å²) < 4.78 is 26.8. The molecule has 0 aliphatic rings. The Kier molecular flexibility index (Phi) is 5.37. The lowest BCUT2D eigenvalue weighted by atomic mass is 10.1. The van der Waals surface area contributed by atoms with Crippen molar-refractivity contribution in [2.24, 2.45) is 5.73 Å². The second-order valence-electron chi connectivity index (χ2n) is 5.28. The molecule has 1 atom stereocenters. The molecule has 0 saturated heterocycles. The smallest absolute Gasteiger partial charge is 0.128 e. The lowest BCUT2D eigenvalue weighted by molar-refractivity contribution is 0.573. The van der Waals surface area contributed by atoms with Crippen LogP contribution < -0.4 is 5.73 Å². The summed E-state index contributed by atoms with van der Waals surface area (Å²) in [7, 11) is 0. The van der Waals surface area contributed by atoms with Gasteiger partial charge in [-0.1, -0.05) is 29.3 Å². The Hall–Kier alpha value is -1.39. The van der Waals surface area contributed by atoms with E-state index in [2.05, 4.69) is 32.0 Å². The molecule has 21 heavy (non-hydrogen) atoms. The van der Waals surface area contributed by atoms with Gasteiger partial charge in [0.15, 0.2) is 0 Å². The maximum absolute atomic E-state index is 13.6. The number of halogens is 2. The van der Waals surface area contributed by atoms with Crippen molar-refractivity contribution in [3.63, 3.8) is 0 Å². The summed E-state index contributed by atoms with van der Waals surface area (Å²) in [6.45, 7) is 4.13. The molecule has 4 heteroatoms. The summed E-state index contributed by atoms with van der Waals surface area (Å²) in [5.41, 5.74) is 9.88. The Labute approximate surface area is 128 Å². The summed E-state index contributed by atoms with van der Waals surface area (Å²) in [6.07, 6.45) is 0. The topological polar surface area (TPSA) is 26.0 Å². The molecule has 112 valence electrons. The van der Waals surface area contributed by atoms with E-state index in [1.807, 2.05) is 0 Å². The van der Waals surface area contributed by atoms with E-state index in [4.69, 9.17) is 5.73 Å². The minimum absolute atomic E-state index is 0.239. The molecule has 0 heterocycles. The molecular weight excluding hydrogens is 288 g/mol. The standard InChI is InChI=1S/C17H19F2NS/c1-11-5-12(2)7-13(6-11)9-21-10-17(20)15-8-14(18)3-4-16(15)19/h3-8,17H,9-10,20H2,1-2H3. The van der Waals surface area contributed by atoms with Gasteiger partial charge in [0.1, 0.15) is 11.6 Å². The Bertz CT molecular complexity index is 608. The average Bonchev–Trinajstić information content (AvgIpc) is 2.40. The summed E-state index contributed by atoms with van der Waals surface area (Å²) >= 11 is 1.63. The molecule has 2 aromatic rings. The molecular formula is C17H19F2NS. The first kappa shape index (κ1) is 16.0. The SMILES string of the molecule is Cc1cc(C)cc(CSCC(N)c2cc(F)ccc2F)c1. The molecule has 0 bridgehead atoms. The van der Waals surface area contributed by atoms with Crippen LogP contribution in [-0.4, -0.2) is 5.75 Å². The minimum Gasteiger partial charge on any atom is -0.323 e. The molecule has 0 aliphatic heterocycles. The third kappa shape index (κ3) is 4.55. The second-order valence-corrected chi connectivity index (χ2v) is 6.31. The molecule has 1 nitrogen and oxygen atoms in total. The highest BCUT2D eigenvalue weighted by molar-refractivity contribution is 7.98. The van der Waals surface area contributed by atoms with Crippen LogP contribution in [0.15, 0.2) is 36.4 Å². The van der Waals surface area contributed by atoms with Crippen LogP contribution >= 0.6 is 11.8 Å². The van der Waals surface area contributed by atoms with Gasteiger partial charge in [-0.2, -0.15) is 11.8 Å². The quantitative estimate of drug-likeness (QED) is 0.879. The highest BCUT2D eigenvalue weighted by atomic mass is 32.2. The van der Waals surface area contributed by atoms with Gasteiger partial charge in [0.25, 0.3) is 0 Å². The molecule has 0 aliphatic carbocycles. The normalized spacial score (nSPS) is 12.4. The van der Waals surface area contributed by atoms with Gasteiger partial charge in [-0.25, -0.2) is 8.78 Å². The minimum atomic E-state index is -0.503. The fourth-order valence-corrected chi connectivity index (χ4v) is 3.30. The predicted molar refractivity (Wildman–Crippen MR) is 85.4 cm³/mol. The number of hydrogen-bond donors (Lipinski definition) is 1. The first-order valence-electron chi connectivity index (χ1n) is 6.81. The van der Waals surface area contributed by atoms with Crippen LogP contribution in [0.25, 0.3) is 0 Å². The number of nitrogens with two attached hydrogens (primary N) is 1. The Balaban J connectivity index is 1.95. The lowest BCUT2D eigenvalue weighted by Crippen LogP contribution is -2.15. The monoisotopic (exact) mass is 307 g/mol. The number of benzene rings is 2. The highest BCUT2D eigenvalue weighted by Gasteiger charge is 2.12. The van der Waals surface area contributed by atoms with Crippen molar-refractivity contribution in [2.75, 3.05) is 5.75 Å². The molecule has 2 N–H and O–H groups in total. The molecule has 0 aromatic heterocycles. The first-order valence-corrected chi connectivity index (χ1v) is 7.96. The van der Waals surface area contributed by atoms with Crippen molar-refractivity contribution in [2.45, 2.75) is 25.6 Å². The largest absolute Gasteiger partial charge is 0.323 e. The lowest BCUT2D eigenvalue weighted by Gasteiger charge is -2.13. The van der Waals surface area contributed by atoms with Crippen LogP contribution in [0.1, 0.15) is 28.3 Å². The van der Waals surface area contributed by atoms with Crippen LogP contribution in [0, 0.1) is 25.5 Å². The van der Waals surface area contributed by atoms with Crippen molar-refractivity contribution in [1.82, 2.24) is 0 Å². The number of aryl methyl sites for hydroxylation is 2. The number of hydrogen-bond acceptors (Lipinski definition) is 2. The van der Waals surface area contributed by atoms with Gasteiger partial charge in [-0.15, -0.1) is 0 Å². The first-order chi connectivity index (χ1) is 9.95. The molecule has 2 aromatic carbocycles. The summed E-state index contributed by atoms with van der Waals surface area (Å²) in [5.74, 6) is 0.456. The highest BCUT2D eigenvalue weighted by Crippen LogP contribution is 2.23. The zero-order valence-corrected chi connectivity index (χ0v) is 13.0. The zero-order chi connectivity index (χ0) is 15.4. The third-order valence-electron chi connectivity index (χ3n) is 3.21. The van der Waals surface area contributed by atoms with E-state index >= 15 is 0 Å². The van der Waals surface area contributed by atoms with Gasteiger partial charge in [-0.3, -0.25) is 0 Å². The van der Waals surface area contributed by atoms with E-state index in [0.29, 0.717) is 5.75 Å². The fraction of sp³-hybridized carbons (Fsp3) is 0.294. The van der Waals surface area contributed by atoms with E-state index in [0.717, 1.165) is 17.9 Å². The van der Waals surface area contributed by atoms with Crippen molar-refractivity contribution >= 4 is 11.8 Å². The van der Waals surface area contributed by atoms with Crippen molar-refractivity contribution in [3.05, 3.63) is 70.3 Å². The van der Waals surface area contributed by atoms with Crippen LogP contribution in [0.4, 0.5) is 8.78 Å². The Morgan fingerprint density at radius 1 is 1.05 bits per heavy atom. The van der Waals surface area contributed by atoms with Crippen LogP contribution in [0.5, 0.6) is 0 Å². The van der Waals surface area contributed by atoms with Gasteiger partial charge in [0.2, 0.25) is 0 Å². The Morgan fingerprint density at radius 3 is 2.38 bits per heavy atom. The van der Waals surface area contributed by atoms with Crippen LogP contribution in [0.2, 0.25) is 0 Å². The van der Waals surface area contributed by atoms with Crippen molar-refractivity contribution in [3.8, 4) is 0 Å². The predicted octanol–water partition coefficient (Wildman–Crippen LogP) is 4.51. The molecule has 0 amide bonds. The van der Waals surface area contributed by atoms with E-state index in [-0.39, 0.29) is 5.56 Å². The van der Waals surface area contributed by atoms with Crippen molar-refractivity contribution in [1.29, 1.82) is 0 Å². The van der Waals surface area contributed by atoms with Crippen molar-refractivity contribution < 1.29 is 8.78 Å². The van der Waals surface area contributed by atoms with Gasteiger partial charge in [0.05, 0.1) is 0 Å². The van der Waals surface area contributed by atoms with E-state index in [9.17, 15) is 8.78 Å². The average molecular weight is 307 g/mol. The molecule has 0 fully saturated rings. The van der Waals surface area contributed by atoms with Gasteiger partial charge in [0, 0.05) is 23.1 Å².